The molecule has 0 aliphatic carbocycles. The summed E-state index contributed by atoms with van der Waals surface area (Å²) in [5, 5.41) is 12.4. The zero-order valence-electron chi connectivity index (χ0n) is 5.12. The molecule has 1 aliphatic rings. The summed E-state index contributed by atoms with van der Waals surface area (Å²) < 4.78 is 0. The van der Waals surface area contributed by atoms with Crippen molar-refractivity contribution in [2.24, 2.45) is 4.99 Å². The first-order valence-corrected chi connectivity index (χ1v) is 3.40. The van der Waals surface area contributed by atoms with Crippen LogP contribution in [0.3, 0.4) is 0 Å². The summed E-state index contributed by atoms with van der Waals surface area (Å²) in [7, 11) is 0. The third kappa shape index (κ3) is 1.81. The highest BCUT2D eigenvalue weighted by atomic mass is 35.5. The number of aliphatic imine (C=N–C) groups is 1. The largest absolute Gasteiger partial charge is 0.336 e. The van der Waals surface area contributed by atoms with E-state index in [0.29, 0.717) is 0 Å². The smallest absolute Gasteiger partial charge is 0.321 e. The molecule has 5 nitrogen and oxygen atoms in total. The lowest BCUT2D eigenvalue weighted by atomic mass is 10.5. The molecule has 0 aromatic carbocycles. The summed E-state index contributed by atoms with van der Waals surface area (Å²) in [6.07, 6.45) is 1.02. The van der Waals surface area contributed by atoms with Crippen LogP contribution < -0.4 is 5.32 Å². The van der Waals surface area contributed by atoms with Gasteiger partial charge in [0.1, 0.15) is 6.21 Å². The van der Waals surface area contributed by atoms with Crippen LogP contribution in [0.15, 0.2) is 15.8 Å². The minimum absolute atomic E-state index is 0.0926. The van der Waals surface area contributed by atoms with Gasteiger partial charge in [-0.05, 0) is 0 Å². The van der Waals surface area contributed by atoms with Gasteiger partial charge in [0.15, 0.2) is 10.8 Å². The van der Waals surface area contributed by atoms with Crippen molar-refractivity contribution in [3.63, 3.8) is 0 Å². The molecule has 1 unspecified atom stereocenters. The van der Waals surface area contributed by atoms with Gasteiger partial charge in [-0.1, -0.05) is 23.2 Å². The summed E-state index contributed by atoms with van der Waals surface area (Å²) in [6.45, 7) is 0. The highest BCUT2D eigenvalue weighted by Crippen LogP contribution is 2.12. The number of hydrogen-bond donors (Lipinski definition) is 1. The summed E-state index contributed by atoms with van der Waals surface area (Å²) >= 11 is 10.9. The Morgan fingerprint density at radius 1 is 1.82 bits per heavy atom. The van der Waals surface area contributed by atoms with Gasteiger partial charge in [0.25, 0.3) is 0 Å². The van der Waals surface area contributed by atoms with Gasteiger partial charge in [-0.15, -0.1) is 0 Å². The van der Waals surface area contributed by atoms with E-state index in [1.54, 1.807) is 0 Å². The summed E-state index contributed by atoms with van der Waals surface area (Å²) in [6, 6.07) is 0. The Morgan fingerprint density at radius 2 is 2.45 bits per heavy atom. The van der Waals surface area contributed by atoms with Gasteiger partial charge in [-0.3, -0.25) is 10.1 Å². The first-order chi connectivity index (χ1) is 5.11. The van der Waals surface area contributed by atoms with Crippen LogP contribution in [0.5, 0.6) is 0 Å². The quantitative estimate of drug-likeness (QED) is 0.292. The molecule has 0 amide bonds. The van der Waals surface area contributed by atoms with Crippen LogP contribution in [-0.4, -0.2) is 16.8 Å². The van der Waals surface area contributed by atoms with E-state index in [0.717, 1.165) is 6.21 Å². The normalized spacial score (nSPS) is 23.3. The standard InChI is InChI=1S/C4H3Cl2N3O2/c5-3-2(9(10)11)1-7-4(6)8-3/h1,4,8H. The number of rotatable bonds is 1. The van der Waals surface area contributed by atoms with Crippen molar-refractivity contribution in [2.45, 2.75) is 5.62 Å². The molecular weight excluding hydrogens is 193 g/mol. The zero-order valence-corrected chi connectivity index (χ0v) is 6.63. The molecule has 1 heterocycles. The van der Waals surface area contributed by atoms with Gasteiger partial charge >= 0.3 is 5.70 Å². The molecule has 1 N–H and O–H groups in total. The summed E-state index contributed by atoms with van der Waals surface area (Å²) in [5.74, 6) is 0. The maximum atomic E-state index is 10.2. The Balaban J connectivity index is 2.88. The molecule has 0 spiro atoms. The number of halogens is 2. The maximum Gasteiger partial charge on any atom is 0.321 e. The van der Waals surface area contributed by atoms with Gasteiger partial charge in [0.05, 0.1) is 4.92 Å². The van der Waals surface area contributed by atoms with Crippen LogP contribution in [0.1, 0.15) is 0 Å². The van der Waals surface area contributed by atoms with Crippen LogP contribution in [-0.2, 0) is 0 Å². The minimum Gasteiger partial charge on any atom is -0.336 e. The molecule has 0 aromatic rings. The fourth-order valence-electron chi connectivity index (χ4n) is 0.536. The number of nitrogens with one attached hydrogen (secondary N) is 1. The monoisotopic (exact) mass is 195 g/mol. The summed E-state index contributed by atoms with van der Waals surface area (Å²) in [4.78, 5) is 13.1. The molecule has 0 radical (unpaired) electrons. The van der Waals surface area contributed by atoms with Crippen molar-refractivity contribution in [1.29, 1.82) is 0 Å². The molecule has 0 bridgehead atoms. The lowest BCUT2D eigenvalue weighted by Crippen LogP contribution is -2.26. The van der Waals surface area contributed by atoms with E-state index >= 15 is 0 Å². The zero-order chi connectivity index (χ0) is 8.43. The third-order valence-electron chi connectivity index (χ3n) is 0.995. The molecule has 0 saturated heterocycles. The number of nitro groups is 1. The first kappa shape index (κ1) is 8.29. The molecular formula is C4H3Cl2N3O2. The van der Waals surface area contributed by atoms with Crippen molar-refractivity contribution in [3.8, 4) is 0 Å². The fraction of sp³-hybridized carbons (Fsp3) is 0.250. The molecule has 0 fully saturated rings. The fourth-order valence-corrected chi connectivity index (χ4v) is 0.978. The van der Waals surface area contributed by atoms with Crippen LogP contribution in [0.25, 0.3) is 0 Å². The molecule has 0 aromatic heterocycles. The Labute approximate surface area is 71.8 Å². The maximum absolute atomic E-state index is 10.2. The molecule has 1 atom stereocenters. The second kappa shape index (κ2) is 3.06. The molecule has 1 aliphatic heterocycles. The predicted octanol–water partition coefficient (Wildman–Crippen LogP) is 0.867. The lowest BCUT2D eigenvalue weighted by molar-refractivity contribution is -0.415. The third-order valence-corrected chi connectivity index (χ3v) is 1.52. The van der Waals surface area contributed by atoms with Crippen molar-refractivity contribution >= 4 is 29.4 Å². The van der Waals surface area contributed by atoms with Crippen LogP contribution >= 0.6 is 23.2 Å². The van der Waals surface area contributed by atoms with E-state index in [1.807, 2.05) is 0 Å². The van der Waals surface area contributed by atoms with E-state index in [1.165, 1.54) is 0 Å². The van der Waals surface area contributed by atoms with E-state index in [2.05, 4.69) is 10.3 Å². The van der Waals surface area contributed by atoms with Gasteiger partial charge < -0.3 is 5.32 Å². The Morgan fingerprint density at radius 3 is 2.91 bits per heavy atom. The average Bonchev–Trinajstić information content (AvgIpc) is 1.85. The number of nitrogens with zero attached hydrogens (tertiary/aromatic N) is 2. The van der Waals surface area contributed by atoms with Crippen molar-refractivity contribution < 1.29 is 4.92 Å². The summed E-state index contributed by atoms with van der Waals surface area (Å²) in [5.41, 5.74) is -0.991. The van der Waals surface area contributed by atoms with Crippen molar-refractivity contribution in [3.05, 3.63) is 21.0 Å². The van der Waals surface area contributed by atoms with Crippen LogP contribution in [0.2, 0.25) is 0 Å². The highest BCUT2D eigenvalue weighted by molar-refractivity contribution is 6.32. The van der Waals surface area contributed by atoms with Crippen molar-refractivity contribution in [2.75, 3.05) is 0 Å². The predicted molar refractivity (Wildman–Crippen MR) is 41.1 cm³/mol. The molecule has 1 rings (SSSR count). The number of alkyl halides is 1. The van der Waals surface area contributed by atoms with Gasteiger partial charge in [-0.25, -0.2) is 4.99 Å². The highest BCUT2D eigenvalue weighted by Gasteiger charge is 2.20. The first-order valence-electron chi connectivity index (χ1n) is 2.59. The van der Waals surface area contributed by atoms with Gasteiger partial charge in [0, 0.05) is 0 Å². The van der Waals surface area contributed by atoms with Crippen molar-refractivity contribution in [1.82, 2.24) is 5.32 Å². The van der Waals surface area contributed by atoms with E-state index in [-0.39, 0.29) is 10.9 Å². The molecule has 0 saturated carbocycles. The average molecular weight is 196 g/mol. The van der Waals surface area contributed by atoms with Gasteiger partial charge in [-0.2, -0.15) is 0 Å². The molecule has 11 heavy (non-hydrogen) atoms. The number of hydrogen-bond acceptors (Lipinski definition) is 4. The SMILES string of the molecule is O=[N+]([O-])C1=C(Cl)NC(Cl)N=C1. The lowest BCUT2D eigenvalue weighted by Gasteiger charge is -2.10. The molecule has 60 valence electrons. The Kier molecular flexibility index (Phi) is 2.31. The number of allylic oxidation sites excluding steroid dienone is 1. The minimum atomic E-state index is -0.716. The Bertz CT molecular complexity index is 250. The second-order valence-corrected chi connectivity index (χ2v) is 2.51. The van der Waals surface area contributed by atoms with E-state index in [9.17, 15) is 10.1 Å². The van der Waals surface area contributed by atoms with Gasteiger partial charge in [0.2, 0.25) is 0 Å². The molecule has 7 heteroatoms. The Hall–Kier alpha value is -0.810. The topological polar surface area (TPSA) is 67.5 Å². The second-order valence-electron chi connectivity index (χ2n) is 1.71. The van der Waals surface area contributed by atoms with Crippen LogP contribution in [0.4, 0.5) is 0 Å². The van der Waals surface area contributed by atoms with E-state index < -0.39 is 10.5 Å². The van der Waals surface area contributed by atoms with E-state index in [4.69, 9.17) is 23.2 Å². The van der Waals surface area contributed by atoms with Crippen LogP contribution in [0, 0.1) is 10.1 Å².